The molecule has 0 unspecified atom stereocenters. The topological polar surface area (TPSA) is 54.8 Å². The molecule has 1 fully saturated rings. The van der Waals surface area contributed by atoms with E-state index in [9.17, 15) is 9.59 Å². The highest BCUT2D eigenvalue weighted by atomic mass is 16.5. The van der Waals surface area contributed by atoms with Gasteiger partial charge in [0.25, 0.3) is 5.91 Å². The number of hydrogen-bond donors (Lipinski definition) is 0. The van der Waals surface area contributed by atoms with Crippen LogP contribution in [0.15, 0.2) is 54.6 Å². The van der Waals surface area contributed by atoms with Crippen LogP contribution in [0.5, 0.6) is 5.75 Å². The molecule has 0 spiro atoms. The van der Waals surface area contributed by atoms with Crippen molar-refractivity contribution in [2.24, 2.45) is 0 Å². The van der Waals surface area contributed by atoms with Crippen molar-refractivity contribution in [3.8, 4) is 5.75 Å². The molecule has 1 aliphatic heterocycles. The van der Waals surface area contributed by atoms with Gasteiger partial charge in [-0.2, -0.15) is 0 Å². The van der Waals surface area contributed by atoms with E-state index in [1.807, 2.05) is 47.1 Å². The summed E-state index contributed by atoms with van der Waals surface area (Å²) in [5, 5.41) is 1.15. The fourth-order valence-corrected chi connectivity index (χ4v) is 4.16. The Hall–Kier alpha value is -3.28. The molecule has 1 aromatic heterocycles. The van der Waals surface area contributed by atoms with Crippen molar-refractivity contribution >= 4 is 22.7 Å². The highest BCUT2D eigenvalue weighted by Gasteiger charge is 2.25. The Balaban J connectivity index is 1.44. The lowest BCUT2D eigenvalue weighted by Crippen LogP contribution is -2.38. The molecule has 6 nitrogen and oxygen atoms in total. The maximum atomic E-state index is 13.0. The summed E-state index contributed by atoms with van der Waals surface area (Å²) in [7, 11) is 1.57. The molecular formula is C24H27N3O3. The first-order valence-corrected chi connectivity index (χ1v) is 10.3. The van der Waals surface area contributed by atoms with Crippen LogP contribution in [-0.2, 0) is 11.3 Å². The summed E-state index contributed by atoms with van der Waals surface area (Å²) >= 11 is 0. The van der Waals surface area contributed by atoms with Crippen LogP contribution in [0.1, 0.15) is 22.5 Å². The maximum absolute atomic E-state index is 13.0. The molecule has 0 saturated carbocycles. The molecule has 0 radical (unpaired) electrons. The molecule has 3 aromatic rings. The Bertz CT molecular complexity index is 1070. The van der Waals surface area contributed by atoms with Crippen LogP contribution < -0.4 is 4.74 Å². The van der Waals surface area contributed by atoms with Gasteiger partial charge in [0.1, 0.15) is 12.3 Å². The minimum atomic E-state index is -0.0472. The van der Waals surface area contributed by atoms with E-state index in [1.165, 1.54) is 0 Å². The molecule has 2 amide bonds. The number of methoxy groups -OCH3 is 1. The number of para-hydroxylation sites is 2. The number of aryl methyl sites for hydroxylation is 1. The number of fused-ring (bicyclic) bond motifs is 1. The van der Waals surface area contributed by atoms with E-state index in [-0.39, 0.29) is 11.8 Å². The van der Waals surface area contributed by atoms with Crippen LogP contribution in [-0.4, -0.2) is 59.5 Å². The van der Waals surface area contributed by atoms with Crippen LogP contribution in [0, 0.1) is 6.92 Å². The maximum Gasteiger partial charge on any atom is 0.257 e. The Morgan fingerprint density at radius 1 is 0.933 bits per heavy atom. The third kappa shape index (κ3) is 3.90. The van der Waals surface area contributed by atoms with E-state index in [4.69, 9.17) is 4.74 Å². The fourth-order valence-electron chi connectivity index (χ4n) is 4.16. The van der Waals surface area contributed by atoms with Gasteiger partial charge in [-0.15, -0.1) is 0 Å². The van der Waals surface area contributed by atoms with Gasteiger partial charge in [0.15, 0.2) is 0 Å². The van der Waals surface area contributed by atoms with E-state index < -0.39 is 0 Å². The van der Waals surface area contributed by atoms with Crippen LogP contribution in [0.3, 0.4) is 0 Å². The lowest BCUT2D eigenvalue weighted by molar-refractivity contribution is -0.131. The second-order valence-corrected chi connectivity index (χ2v) is 7.66. The largest absolute Gasteiger partial charge is 0.496 e. The smallest absolute Gasteiger partial charge is 0.257 e. The Labute approximate surface area is 176 Å². The Kier molecular flexibility index (Phi) is 5.74. The van der Waals surface area contributed by atoms with Crippen LogP contribution in [0.2, 0.25) is 0 Å². The van der Waals surface area contributed by atoms with Crippen LogP contribution in [0.25, 0.3) is 10.9 Å². The van der Waals surface area contributed by atoms with Gasteiger partial charge < -0.3 is 19.1 Å². The molecule has 2 aromatic carbocycles. The predicted octanol–water partition coefficient (Wildman–Crippen LogP) is 3.33. The van der Waals surface area contributed by atoms with E-state index in [0.717, 1.165) is 23.0 Å². The van der Waals surface area contributed by atoms with E-state index in [1.54, 1.807) is 19.2 Å². The average molecular weight is 405 g/mol. The fraction of sp³-hybridized carbons (Fsp3) is 0.333. The molecule has 2 heterocycles. The number of carbonyl (C=O) groups excluding carboxylic acids is 2. The quantitative estimate of drug-likeness (QED) is 0.669. The van der Waals surface area contributed by atoms with E-state index in [2.05, 4.69) is 16.7 Å². The molecule has 0 aliphatic carbocycles. The number of benzene rings is 2. The number of aromatic nitrogens is 1. The molecule has 1 saturated heterocycles. The summed E-state index contributed by atoms with van der Waals surface area (Å²) in [6.45, 7) is 4.70. The molecule has 0 atom stereocenters. The first kappa shape index (κ1) is 20.0. The summed E-state index contributed by atoms with van der Waals surface area (Å²) < 4.78 is 7.41. The second kappa shape index (κ2) is 8.61. The van der Waals surface area contributed by atoms with Crippen molar-refractivity contribution in [1.82, 2.24) is 14.4 Å². The van der Waals surface area contributed by atoms with Gasteiger partial charge in [0.05, 0.1) is 12.7 Å². The molecule has 30 heavy (non-hydrogen) atoms. The van der Waals surface area contributed by atoms with Crippen LogP contribution in [0.4, 0.5) is 0 Å². The summed E-state index contributed by atoms with van der Waals surface area (Å²) in [4.78, 5) is 29.7. The molecule has 4 rings (SSSR count). The van der Waals surface area contributed by atoms with Gasteiger partial charge in [-0.25, -0.2) is 0 Å². The van der Waals surface area contributed by atoms with Crippen molar-refractivity contribution in [2.75, 3.05) is 33.3 Å². The standard InChI is InChI=1S/C24H27N3O3/c1-18-16-19-8-3-5-10-21(19)27(18)17-23(28)25-12-7-13-26(15-14-25)24(29)20-9-4-6-11-22(20)30-2/h3-6,8-11,16H,7,12-15,17H2,1-2H3. The highest BCUT2D eigenvalue weighted by molar-refractivity contribution is 5.97. The van der Waals surface area contributed by atoms with Crippen molar-refractivity contribution in [2.45, 2.75) is 19.9 Å². The summed E-state index contributed by atoms with van der Waals surface area (Å²) in [6, 6.07) is 17.5. The lowest BCUT2D eigenvalue weighted by Gasteiger charge is -2.23. The first-order chi connectivity index (χ1) is 14.6. The number of hydrogen-bond acceptors (Lipinski definition) is 3. The predicted molar refractivity (Wildman–Crippen MR) is 117 cm³/mol. The second-order valence-electron chi connectivity index (χ2n) is 7.66. The van der Waals surface area contributed by atoms with Crippen molar-refractivity contribution in [3.63, 3.8) is 0 Å². The zero-order chi connectivity index (χ0) is 21.1. The van der Waals surface area contributed by atoms with Gasteiger partial charge in [0, 0.05) is 37.4 Å². The summed E-state index contributed by atoms with van der Waals surface area (Å²) in [5.41, 5.74) is 2.72. The first-order valence-electron chi connectivity index (χ1n) is 10.3. The number of rotatable bonds is 4. The monoisotopic (exact) mass is 405 g/mol. The molecule has 6 heteroatoms. The van der Waals surface area contributed by atoms with Crippen molar-refractivity contribution in [3.05, 3.63) is 65.9 Å². The normalized spacial score (nSPS) is 14.6. The number of ether oxygens (including phenoxy) is 1. The zero-order valence-electron chi connectivity index (χ0n) is 17.5. The number of amides is 2. The zero-order valence-corrected chi connectivity index (χ0v) is 17.5. The van der Waals surface area contributed by atoms with Gasteiger partial charge in [-0.1, -0.05) is 30.3 Å². The molecule has 0 bridgehead atoms. The third-order valence-electron chi connectivity index (χ3n) is 5.78. The minimum absolute atomic E-state index is 0.0472. The third-order valence-corrected chi connectivity index (χ3v) is 5.78. The molecular weight excluding hydrogens is 378 g/mol. The van der Waals surface area contributed by atoms with E-state index in [0.29, 0.717) is 44.0 Å². The highest BCUT2D eigenvalue weighted by Crippen LogP contribution is 2.21. The Morgan fingerprint density at radius 2 is 1.63 bits per heavy atom. The Morgan fingerprint density at radius 3 is 2.47 bits per heavy atom. The summed E-state index contributed by atoms with van der Waals surface area (Å²) in [5.74, 6) is 0.620. The van der Waals surface area contributed by atoms with E-state index >= 15 is 0 Å². The summed E-state index contributed by atoms with van der Waals surface area (Å²) in [6.07, 6.45) is 0.762. The SMILES string of the molecule is COc1ccccc1C(=O)N1CCCN(C(=O)Cn2c(C)cc3ccccc32)CC1. The number of nitrogens with zero attached hydrogens (tertiary/aromatic N) is 3. The lowest BCUT2D eigenvalue weighted by atomic mass is 10.1. The van der Waals surface area contributed by atoms with Gasteiger partial charge in [0.2, 0.25) is 5.91 Å². The molecule has 0 N–H and O–H groups in total. The molecule has 1 aliphatic rings. The van der Waals surface area contributed by atoms with Gasteiger partial charge in [-0.05, 0) is 43.0 Å². The minimum Gasteiger partial charge on any atom is -0.496 e. The van der Waals surface area contributed by atoms with Crippen LogP contribution >= 0.6 is 0 Å². The van der Waals surface area contributed by atoms with Crippen molar-refractivity contribution in [1.29, 1.82) is 0 Å². The van der Waals surface area contributed by atoms with Gasteiger partial charge >= 0.3 is 0 Å². The van der Waals surface area contributed by atoms with Gasteiger partial charge in [-0.3, -0.25) is 9.59 Å². The number of carbonyl (C=O) groups is 2. The van der Waals surface area contributed by atoms with Crippen molar-refractivity contribution < 1.29 is 14.3 Å². The molecule has 156 valence electrons. The average Bonchev–Trinajstić information content (AvgIpc) is 2.94.